The molecule has 1 amide bonds. The van der Waals surface area contributed by atoms with Gasteiger partial charge in [-0.25, -0.2) is 0 Å². The topological polar surface area (TPSA) is 64.6 Å². The summed E-state index contributed by atoms with van der Waals surface area (Å²) in [4.78, 5) is 23.3. The van der Waals surface area contributed by atoms with Crippen LogP contribution in [0.2, 0.25) is 0 Å². The molecule has 1 N–H and O–H groups in total. The van der Waals surface area contributed by atoms with Gasteiger partial charge in [0.25, 0.3) is 5.91 Å². The number of hydrogen-bond donors (Lipinski definition) is 1. The molecule has 0 bridgehead atoms. The molecule has 0 aliphatic heterocycles. The second-order valence-corrected chi connectivity index (χ2v) is 5.66. The number of amides is 1. The van der Waals surface area contributed by atoms with E-state index in [4.69, 9.17) is 9.47 Å². The summed E-state index contributed by atoms with van der Waals surface area (Å²) in [7, 11) is 1.62. The Hall–Kier alpha value is -2.34. The lowest BCUT2D eigenvalue weighted by molar-refractivity contribution is -0.147. The van der Waals surface area contributed by atoms with Crippen molar-refractivity contribution >= 4 is 23.2 Å². The van der Waals surface area contributed by atoms with Crippen LogP contribution in [0.5, 0.6) is 5.75 Å². The van der Waals surface area contributed by atoms with Crippen molar-refractivity contribution in [2.75, 3.05) is 20.3 Å². The number of para-hydroxylation sites is 1. The Morgan fingerprint density at radius 2 is 2.04 bits per heavy atom. The Labute approximate surface area is 139 Å². The molecule has 0 saturated heterocycles. The van der Waals surface area contributed by atoms with Gasteiger partial charge in [0, 0.05) is 6.54 Å². The van der Waals surface area contributed by atoms with Gasteiger partial charge in [0.05, 0.1) is 13.5 Å². The van der Waals surface area contributed by atoms with Gasteiger partial charge < -0.3 is 14.8 Å². The fourth-order valence-electron chi connectivity index (χ4n) is 2.05. The summed E-state index contributed by atoms with van der Waals surface area (Å²) in [5.74, 6) is 0.0887. The Morgan fingerprint density at radius 3 is 2.78 bits per heavy atom. The second-order valence-electron chi connectivity index (χ2n) is 4.88. The van der Waals surface area contributed by atoms with Crippen LogP contribution < -0.4 is 10.1 Å². The number of hydrogen-bond acceptors (Lipinski definition) is 5. The van der Waals surface area contributed by atoms with Gasteiger partial charge in [-0.15, -0.1) is 0 Å². The van der Waals surface area contributed by atoms with E-state index in [-0.39, 0.29) is 18.9 Å². The summed E-state index contributed by atoms with van der Waals surface area (Å²) in [6.07, 6.45) is 0.844. The molecule has 0 radical (unpaired) electrons. The first-order valence-corrected chi connectivity index (χ1v) is 8.18. The van der Waals surface area contributed by atoms with Crippen molar-refractivity contribution in [1.29, 1.82) is 0 Å². The van der Waals surface area contributed by atoms with Crippen molar-refractivity contribution in [3.63, 3.8) is 0 Å². The van der Waals surface area contributed by atoms with Crippen LogP contribution in [0.15, 0.2) is 41.1 Å². The minimum Gasteiger partial charge on any atom is -0.496 e. The zero-order valence-electron chi connectivity index (χ0n) is 12.9. The normalized spacial score (nSPS) is 10.1. The largest absolute Gasteiger partial charge is 0.496 e. The number of carbonyl (C=O) groups excluding carboxylic acids is 2. The SMILES string of the molecule is COc1ccccc1CCNC(=O)COC(=O)Cc1ccsc1. The number of esters is 1. The lowest BCUT2D eigenvalue weighted by Crippen LogP contribution is -2.30. The molecule has 0 atom stereocenters. The van der Waals surface area contributed by atoms with Crippen LogP contribution >= 0.6 is 11.3 Å². The predicted molar refractivity (Wildman–Crippen MR) is 88.7 cm³/mol. The van der Waals surface area contributed by atoms with E-state index in [0.29, 0.717) is 13.0 Å². The summed E-state index contributed by atoms with van der Waals surface area (Å²) < 4.78 is 10.2. The van der Waals surface area contributed by atoms with E-state index in [1.807, 2.05) is 41.1 Å². The molecule has 1 aromatic heterocycles. The average molecular weight is 333 g/mol. The summed E-state index contributed by atoms with van der Waals surface area (Å²) in [6.45, 7) is 0.205. The van der Waals surface area contributed by atoms with Crippen molar-refractivity contribution in [3.8, 4) is 5.75 Å². The number of ether oxygens (including phenoxy) is 2. The lowest BCUT2D eigenvalue weighted by atomic mass is 10.1. The second kappa shape index (κ2) is 8.95. The van der Waals surface area contributed by atoms with E-state index in [2.05, 4.69) is 5.32 Å². The molecule has 23 heavy (non-hydrogen) atoms. The maximum absolute atomic E-state index is 11.7. The van der Waals surface area contributed by atoms with Crippen molar-refractivity contribution < 1.29 is 19.1 Å². The van der Waals surface area contributed by atoms with Crippen LogP contribution in [0.25, 0.3) is 0 Å². The smallest absolute Gasteiger partial charge is 0.310 e. The molecule has 1 aromatic carbocycles. The highest BCUT2D eigenvalue weighted by atomic mass is 32.1. The van der Waals surface area contributed by atoms with E-state index in [0.717, 1.165) is 16.9 Å². The highest BCUT2D eigenvalue weighted by Crippen LogP contribution is 2.17. The van der Waals surface area contributed by atoms with E-state index in [1.54, 1.807) is 7.11 Å². The van der Waals surface area contributed by atoms with Crippen LogP contribution in [-0.4, -0.2) is 32.1 Å². The van der Waals surface area contributed by atoms with E-state index >= 15 is 0 Å². The molecule has 0 spiro atoms. The molecule has 0 saturated carbocycles. The summed E-state index contributed by atoms with van der Waals surface area (Å²) in [6, 6.07) is 9.51. The zero-order valence-corrected chi connectivity index (χ0v) is 13.7. The molecule has 0 aliphatic rings. The molecule has 6 heteroatoms. The fourth-order valence-corrected chi connectivity index (χ4v) is 2.72. The van der Waals surface area contributed by atoms with Crippen LogP contribution in [0.1, 0.15) is 11.1 Å². The van der Waals surface area contributed by atoms with Crippen molar-refractivity contribution in [1.82, 2.24) is 5.32 Å². The standard InChI is InChI=1S/C17H19NO4S/c1-21-15-5-3-2-4-14(15)6-8-18-16(19)11-22-17(20)10-13-7-9-23-12-13/h2-5,7,9,12H,6,8,10-11H2,1H3,(H,18,19). The Kier molecular flexibility index (Phi) is 6.62. The van der Waals surface area contributed by atoms with Crippen molar-refractivity contribution in [3.05, 3.63) is 52.2 Å². The first-order chi connectivity index (χ1) is 11.2. The third-order valence-corrected chi connectivity index (χ3v) is 3.93. The van der Waals surface area contributed by atoms with Crippen LogP contribution in [-0.2, 0) is 27.2 Å². The number of benzene rings is 1. The number of methoxy groups -OCH3 is 1. The molecular formula is C17H19NO4S. The van der Waals surface area contributed by atoms with Crippen LogP contribution in [0.3, 0.4) is 0 Å². The summed E-state index contributed by atoms with van der Waals surface area (Å²) in [5, 5.41) is 6.51. The summed E-state index contributed by atoms with van der Waals surface area (Å²) in [5.41, 5.74) is 1.92. The quantitative estimate of drug-likeness (QED) is 0.752. The fraction of sp³-hybridized carbons (Fsp3) is 0.294. The number of rotatable bonds is 8. The average Bonchev–Trinajstić information content (AvgIpc) is 3.06. The van der Waals surface area contributed by atoms with E-state index in [1.165, 1.54) is 11.3 Å². The highest BCUT2D eigenvalue weighted by molar-refractivity contribution is 7.07. The van der Waals surface area contributed by atoms with Gasteiger partial charge >= 0.3 is 5.97 Å². The molecule has 122 valence electrons. The van der Waals surface area contributed by atoms with Gasteiger partial charge in [-0.2, -0.15) is 11.3 Å². The minimum atomic E-state index is -0.400. The molecule has 2 aromatic rings. The van der Waals surface area contributed by atoms with Gasteiger partial charge in [-0.3, -0.25) is 9.59 Å². The molecule has 2 rings (SSSR count). The maximum atomic E-state index is 11.7. The van der Waals surface area contributed by atoms with Crippen LogP contribution in [0, 0.1) is 0 Å². The lowest BCUT2D eigenvalue weighted by Gasteiger charge is -2.09. The predicted octanol–water partition coefficient (Wildman–Crippen LogP) is 2.20. The third-order valence-electron chi connectivity index (χ3n) is 3.20. The van der Waals surface area contributed by atoms with Gasteiger partial charge in [0.15, 0.2) is 6.61 Å². The number of carbonyl (C=O) groups is 2. The Balaban J connectivity index is 1.66. The molecule has 0 fully saturated rings. The van der Waals surface area contributed by atoms with Crippen molar-refractivity contribution in [2.45, 2.75) is 12.8 Å². The maximum Gasteiger partial charge on any atom is 0.310 e. The first kappa shape index (κ1) is 17.0. The highest BCUT2D eigenvalue weighted by Gasteiger charge is 2.09. The molecule has 5 nitrogen and oxygen atoms in total. The third kappa shape index (κ3) is 5.75. The van der Waals surface area contributed by atoms with Gasteiger partial charge in [0.1, 0.15) is 5.75 Å². The number of nitrogens with one attached hydrogen (secondary N) is 1. The molecule has 0 unspecified atom stereocenters. The van der Waals surface area contributed by atoms with Gasteiger partial charge in [-0.05, 0) is 40.4 Å². The van der Waals surface area contributed by atoms with E-state index < -0.39 is 5.97 Å². The van der Waals surface area contributed by atoms with Crippen molar-refractivity contribution in [2.24, 2.45) is 0 Å². The van der Waals surface area contributed by atoms with Gasteiger partial charge in [-0.1, -0.05) is 18.2 Å². The minimum absolute atomic E-state index is 0.192. The molecule has 0 aliphatic carbocycles. The Bertz CT molecular complexity index is 640. The Morgan fingerprint density at radius 1 is 1.22 bits per heavy atom. The number of thiophene rings is 1. The first-order valence-electron chi connectivity index (χ1n) is 7.24. The van der Waals surface area contributed by atoms with Crippen LogP contribution in [0.4, 0.5) is 0 Å². The molecular weight excluding hydrogens is 314 g/mol. The van der Waals surface area contributed by atoms with E-state index in [9.17, 15) is 9.59 Å². The summed E-state index contributed by atoms with van der Waals surface area (Å²) >= 11 is 1.52. The molecule has 1 heterocycles. The monoisotopic (exact) mass is 333 g/mol. The zero-order chi connectivity index (χ0) is 16.5. The van der Waals surface area contributed by atoms with Gasteiger partial charge in [0.2, 0.25) is 0 Å².